The Morgan fingerprint density at radius 3 is 2.59 bits per heavy atom. The number of carbonyl (C=O) groups is 1. The lowest BCUT2D eigenvalue weighted by atomic mass is 10.2. The van der Waals surface area contributed by atoms with Gasteiger partial charge in [0.15, 0.2) is 0 Å². The molecule has 1 unspecified atom stereocenters. The first-order chi connectivity index (χ1) is 13.1. The highest BCUT2D eigenvalue weighted by molar-refractivity contribution is 8.00. The van der Waals surface area contributed by atoms with Crippen molar-refractivity contribution < 1.29 is 13.9 Å². The number of amides is 1. The number of benzene rings is 2. The van der Waals surface area contributed by atoms with Gasteiger partial charge >= 0.3 is 0 Å². The number of nitrogens with zero attached hydrogens (tertiary/aromatic N) is 3. The third-order valence-electron chi connectivity index (χ3n) is 4.01. The Morgan fingerprint density at radius 2 is 1.85 bits per heavy atom. The molecule has 2 aromatic carbocycles. The number of carbonyl (C=O) groups excluding carboxylic acids is 1. The number of thioether (sulfide) groups is 1. The summed E-state index contributed by atoms with van der Waals surface area (Å²) < 4.78 is 11.0. The van der Waals surface area contributed by atoms with Crippen LogP contribution in [0.15, 0.2) is 64.2 Å². The first-order valence-corrected chi connectivity index (χ1v) is 9.39. The lowest BCUT2D eigenvalue weighted by Gasteiger charge is -2.20. The van der Waals surface area contributed by atoms with Gasteiger partial charge in [0.2, 0.25) is 5.91 Å². The van der Waals surface area contributed by atoms with Crippen molar-refractivity contribution in [3.05, 3.63) is 60.2 Å². The van der Waals surface area contributed by atoms with Crippen molar-refractivity contribution in [2.24, 2.45) is 0 Å². The minimum atomic E-state index is -0.343. The molecule has 1 atom stereocenters. The summed E-state index contributed by atoms with van der Waals surface area (Å²) in [4.78, 5) is 14.3. The molecule has 0 radical (unpaired) electrons. The van der Waals surface area contributed by atoms with Gasteiger partial charge < -0.3 is 14.1 Å². The molecule has 1 aromatic heterocycles. The molecular weight excluding hydrogens is 362 g/mol. The summed E-state index contributed by atoms with van der Waals surface area (Å²) in [7, 11) is 3.38. The minimum absolute atomic E-state index is 0.000828. The van der Waals surface area contributed by atoms with E-state index < -0.39 is 0 Å². The van der Waals surface area contributed by atoms with E-state index in [1.807, 2.05) is 61.5 Å². The molecule has 0 bridgehead atoms. The highest BCUT2D eigenvalue weighted by atomic mass is 32.2. The molecule has 0 saturated carbocycles. The third kappa shape index (κ3) is 4.68. The van der Waals surface area contributed by atoms with Crippen molar-refractivity contribution in [3.63, 3.8) is 0 Å². The molecule has 6 nitrogen and oxygen atoms in total. The Balaban J connectivity index is 1.65. The van der Waals surface area contributed by atoms with E-state index in [4.69, 9.17) is 9.15 Å². The zero-order valence-electron chi connectivity index (χ0n) is 15.5. The fraction of sp³-hybridized carbons (Fsp3) is 0.250. The molecule has 0 aliphatic carbocycles. The molecule has 0 spiro atoms. The first kappa shape index (κ1) is 19.0. The molecule has 1 amide bonds. The normalized spacial score (nSPS) is 11.8. The van der Waals surface area contributed by atoms with Crippen LogP contribution in [0.1, 0.15) is 12.5 Å². The van der Waals surface area contributed by atoms with Crippen LogP contribution in [-0.4, -0.2) is 40.4 Å². The van der Waals surface area contributed by atoms with Crippen LogP contribution in [0.25, 0.3) is 11.5 Å². The van der Waals surface area contributed by atoms with Crippen LogP contribution >= 0.6 is 11.8 Å². The Labute approximate surface area is 162 Å². The largest absolute Gasteiger partial charge is 0.496 e. The van der Waals surface area contributed by atoms with E-state index in [0.29, 0.717) is 23.4 Å². The van der Waals surface area contributed by atoms with Gasteiger partial charge in [-0.25, -0.2) is 0 Å². The maximum absolute atomic E-state index is 12.6. The number of para-hydroxylation sites is 1. The van der Waals surface area contributed by atoms with Crippen LogP contribution in [-0.2, 0) is 11.3 Å². The standard InChI is InChI=1S/C20H21N3O3S/c1-14(19(24)23(2)13-15-9-5-4-6-10-15)27-20-22-21-18(26-20)16-11-7-8-12-17(16)25-3/h4-12,14H,13H2,1-3H3. The van der Waals surface area contributed by atoms with Gasteiger partial charge in [-0.3, -0.25) is 4.79 Å². The molecule has 0 fully saturated rings. The quantitative estimate of drug-likeness (QED) is 0.577. The molecule has 27 heavy (non-hydrogen) atoms. The SMILES string of the molecule is COc1ccccc1-c1nnc(SC(C)C(=O)N(C)Cc2ccccc2)o1. The number of aromatic nitrogens is 2. The van der Waals surface area contributed by atoms with Gasteiger partial charge in [-0.15, -0.1) is 10.2 Å². The molecular formula is C20H21N3O3S. The molecule has 3 rings (SSSR count). The Morgan fingerprint density at radius 1 is 1.15 bits per heavy atom. The van der Waals surface area contributed by atoms with Crippen LogP contribution in [0.2, 0.25) is 0 Å². The fourth-order valence-electron chi connectivity index (χ4n) is 2.63. The van der Waals surface area contributed by atoms with Crippen LogP contribution in [0.3, 0.4) is 0 Å². The van der Waals surface area contributed by atoms with Gasteiger partial charge in [-0.05, 0) is 24.6 Å². The van der Waals surface area contributed by atoms with Crippen LogP contribution in [0, 0.1) is 0 Å². The zero-order chi connectivity index (χ0) is 19.2. The van der Waals surface area contributed by atoms with E-state index in [1.54, 1.807) is 19.1 Å². The molecule has 0 saturated heterocycles. The van der Waals surface area contributed by atoms with Gasteiger partial charge in [0.05, 0.1) is 17.9 Å². The summed E-state index contributed by atoms with van der Waals surface area (Å²) in [6, 6.07) is 17.3. The molecule has 7 heteroatoms. The van der Waals surface area contributed by atoms with Crippen molar-refractivity contribution in [2.45, 2.75) is 23.9 Å². The lowest BCUT2D eigenvalue weighted by Crippen LogP contribution is -2.32. The van der Waals surface area contributed by atoms with Gasteiger partial charge in [0.25, 0.3) is 11.1 Å². The molecule has 1 heterocycles. The van der Waals surface area contributed by atoms with Crippen LogP contribution in [0.4, 0.5) is 0 Å². The second-order valence-corrected chi connectivity index (χ2v) is 7.31. The highest BCUT2D eigenvalue weighted by Crippen LogP contribution is 2.31. The summed E-state index contributed by atoms with van der Waals surface area (Å²) in [6.07, 6.45) is 0. The minimum Gasteiger partial charge on any atom is -0.496 e. The van der Waals surface area contributed by atoms with Crippen LogP contribution < -0.4 is 4.74 Å². The molecule has 0 aliphatic rings. The average Bonchev–Trinajstić information content (AvgIpc) is 3.16. The smallest absolute Gasteiger partial charge is 0.277 e. The maximum atomic E-state index is 12.6. The summed E-state index contributed by atoms with van der Waals surface area (Å²) in [6.45, 7) is 2.39. The number of ether oxygens (including phenoxy) is 1. The van der Waals surface area contributed by atoms with E-state index in [1.165, 1.54) is 11.8 Å². The van der Waals surface area contributed by atoms with Crippen molar-refractivity contribution in [2.75, 3.05) is 14.2 Å². The Hall–Kier alpha value is -2.80. The Kier molecular flexibility index (Phi) is 6.13. The zero-order valence-corrected chi connectivity index (χ0v) is 16.3. The number of rotatable bonds is 7. The fourth-order valence-corrected chi connectivity index (χ4v) is 3.43. The van der Waals surface area contributed by atoms with Crippen LogP contribution in [0.5, 0.6) is 5.75 Å². The van der Waals surface area contributed by atoms with E-state index in [0.717, 1.165) is 11.1 Å². The number of methoxy groups -OCH3 is 1. The summed E-state index contributed by atoms with van der Waals surface area (Å²) in [5.41, 5.74) is 1.81. The van der Waals surface area contributed by atoms with Gasteiger partial charge in [0.1, 0.15) is 5.75 Å². The Bertz CT molecular complexity index is 898. The van der Waals surface area contributed by atoms with Gasteiger partial charge in [0, 0.05) is 13.6 Å². The molecule has 0 aliphatic heterocycles. The van der Waals surface area contributed by atoms with Gasteiger partial charge in [-0.2, -0.15) is 0 Å². The van der Waals surface area contributed by atoms with Crippen molar-refractivity contribution in [1.29, 1.82) is 0 Å². The van der Waals surface area contributed by atoms with E-state index >= 15 is 0 Å². The lowest BCUT2D eigenvalue weighted by molar-refractivity contribution is -0.129. The summed E-state index contributed by atoms with van der Waals surface area (Å²) >= 11 is 1.25. The second-order valence-electron chi connectivity index (χ2n) is 6.01. The second kappa shape index (κ2) is 8.73. The molecule has 0 N–H and O–H groups in total. The van der Waals surface area contributed by atoms with E-state index in [2.05, 4.69) is 10.2 Å². The maximum Gasteiger partial charge on any atom is 0.277 e. The predicted octanol–water partition coefficient (Wildman–Crippen LogP) is 3.88. The molecule has 3 aromatic rings. The van der Waals surface area contributed by atoms with Crippen molar-refractivity contribution in [1.82, 2.24) is 15.1 Å². The first-order valence-electron chi connectivity index (χ1n) is 8.51. The van der Waals surface area contributed by atoms with E-state index in [-0.39, 0.29) is 11.2 Å². The summed E-state index contributed by atoms with van der Waals surface area (Å²) in [5, 5.41) is 8.14. The van der Waals surface area contributed by atoms with Crippen molar-refractivity contribution in [3.8, 4) is 17.2 Å². The predicted molar refractivity (Wildman–Crippen MR) is 105 cm³/mol. The topological polar surface area (TPSA) is 68.5 Å². The number of hydrogen-bond donors (Lipinski definition) is 0. The molecule has 140 valence electrons. The number of hydrogen-bond acceptors (Lipinski definition) is 6. The summed E-state index contributed by atoms with van der Waals surface area (Å²) in [5.74, 6) is 1.03. The third-order valence-corrected chi connectivity index (χ3v) is 4.93. The highest BCUT2D eigenvalue weighted by Gasteiger charge is 2.22. The van der Waals surface area contributed by atoms with E-state index in [9.17, 15) is 4.79 Å². The van der Waals surface area contributed by atoms with Crippen molar-refractivity contribution >= 4 is 17.7 Å². The average molecular weight is 383 g/mol. The monoisotopic (exact) mass is 383 g/mol. The van der Waals surface area contributed by atoms with Gasteiger partial charge in [-0.1, -0.05) is 54.2 Å².